The maximum Gasteiger partial charge on any atom is 0.269 e. The van der Waals surface area contributed by atoms with E-state index in [0.29, 0.717) is 17.3 Å². The first-order valence-electron chi connectivity index (χ1n) is 4.83. The Labute approximate surface area is 111 Å². The van der Waals surface area contributed by atoms with E-state index in [0.717, 1.165) is 10.0 Å². The van der Waals surface area contributed by atoms with Gasteiger partial charge in [-0.3, -0.25) is 4.79 Å². The van der Waals surface area contributed by atoms with E-state index in [2.05, 4.69) is 21.0 Å². The summed E-state index contributed by atoms with van der Waals surface area (Å²) in [5.74, 6) is 0. The van der Waals surface area contributed by atoms with Crippen LogP contribution in [0.4, 0.5) is 5.69 Å². The third-order valence-electron chi connectivity index (χ3n) is 2.23. The number of rotatable bonds is 2. The second-order valence-electron chi connectivity index (χ2n) is 3.52. The summed E-state index contributed by atoms with van der Waals surface area (Å²) >= 11 is 9.39. The van der Waals surface area contributed by atoms with E-state index in [1.807, 2.05) is 12.1 Å². The number of nitrogens with two attached hydrogens (primary N) is 1. The number of benzene rings is 1. The van der Waals surface area contributed by atoms with Gasteiger partial charge in [0.05, 0.1) is 18.4 Å². The van der Waals surface area contributed by atoms with Crippen molar-refractivity contribution >= 4 is 33.2 Å². The van der Waals surface area contributed by atoms with Crippen LogP contribution in [-0.2, 0) is 6.54 Å². The van der Waals surface area contributed by atoms with Crippen LogP contribution in [0.3, 0.4) is 0 Å². The largest absolute Gasteiger partial charge is 0.397 e. The van der Waals surface area contributed by atoms with E-state index >= 15 is 0 Å². The second kappa shape index (κ2) is 4.89. The minimum atomic E-state index is -0.246. The van der Waals surface area contributed by atoms with Crippen molar-refractivity contribution in [3.05, 3.63) is 55.9 Å². The predicted octanol–water partition coefficient (Wildman–Crippen LogP) is 2.29. The molecule has 1 aromatic heterocycles. The third-order valence-corrected chi connectivity index (χ3v) is 3.07. The van der Waals surface area contributed by atoms with Crippen LogP contribution in [-0.4, -0.2) is 9.78 Å². The van der Waals surface area contributed by atoms with Gasteiger partial charge in [0, 0.05) is 15.6 Å². The van der Waals surface area contributed by atoms with E-state index in [1.54, 1.807) is 6.07 Å². The smallest absolute Gasteiger partial charge is 0.269 e. The van der Waals surface area contributed by atoms with Crippen LogP contribution >= 0.6 is 27.5 Å². The monoisotopic (exact) mass is 313 g/mol. The molecule has 2 rings (SSSR count). The van der Waals surface area contributed by atoms with E-state index in [-0.39, 0.29) is 5.56 Å². The minimum absolute atomic E-state index is 0.246. The minimum Gasteiger partial charge on any atom is -0.397 e. The molecule has 0 unspecified atom stereocenters. The van der Waals surface area contributed by atoms with Crippen molar-refractivity contribution in [3.8, 4) is 0 Å². The fourth-order valence-corrected chi connectivity index (χ4v) is 2.11. The summed E-state index contributed by atoms with van der Waals surface area (Å²) in [6.45, 7) is 0.325. The summed E-state index contributed by atoms with van der Waals surface area (Å²) in [4.78, 5) is 11.6. The second-order valence-corrected chi connectivity index (χ2v) is 4.84. The fraction of sp³-hybridized carbons (Fsp3) is 0.0909. The molecule has 0 saturated heterocycles. The van der Waals surface area contributed by atoms with Gasteiger partial charge >= 0.3 is 0 Å². The molecule has 0 spiro atoms. The van der Waals surface area contributed by atoms with Gasteiger partial charge in [-0.05, 0) is 17.7 Å². The van der Waals surface area contributed by atoms with Gasteiger partial charge in [-0.2, -0.15) is 5.10 Å². The zero-order valence-corrected chi connectivity index (χ0v) is 11.1. The van der Waals surface area contributed by atoms with Gasteiger partial charge in [-0.15, -0.1) is 0 Å². The van der Waals surface area contributed by atoms with E-state index in [9.17, 15) is 4.79 Å². The first-order valence-corrected chi connectivity index (χ1v) is 6.00. The molecule has 88 valence electrons. The highest BCUT2D eigenvalue weighted by Gasteiger charge is 2.04. The number of hydrogen-bond donors (Lipinski definition) is 1. The Morgan fingerprint density at radius 1 is 1.41 bits per heavy atom. The lowest BCUT2D eigenvalue weighted by Gasteiger charge is -2.06. The van der Waals surface area contributed by atoms with Gasteiger partial charge in [-0.1, -0.05) is 33.6 Å². The lowest BCUT2D eigenvalue weighted by Crippen LogP contribution is -2.23. The number of nitrogen functional groups attached to an aromatic ring is 1. The van der Waals surface area contributed by atoms with Crippen LogP contribution in [0.1, 0.15) is 5.56 Å². The standard InChI is InChI=1S/C11H9BrClN3O/c12-8-2-1-7(10(13)3-8)6-16-11(17)4-9(14)5-15-16/h1-5H,6,14H2. The molecular formula is C11H9BrClN3O. The Balaban J connectivity index is 2.35. The van der Waals surface area contributed by atoms with Crippen molar-refractivity contribution in [2.45, 2.75) is 6.54 Å². The molecule has 17 heavy (non-hydrogen) atoms. The summed E-state index contributed by atoms with van der Waals surface area (Å²) in [6.07, 6.45) is 1.44. The molecular weight excluding hydrogens is 305 g/mol. The first-order chi connectivity index (χ1) is 8.06. The summed E-state index contributed by atoms with van der Waals surface area (Å²) in [5.41, 5.74) is 6.40. The lowest BCUT2D eigenvalue weighted by atomic mass is 10.2. The summed E-state index contributed by atoms with van der Waals surface area (Å²) in [6, 6.07) is 6.82. The van der Waals surface area contributed by atoms with Crippen molar-refractivity contribution in [1.82, 2.24) is 9.78 Å². The number of halogens is 2. The number of hydrogen-bond acceptors (Lipinski definition) is 3. The molecule has 0 fully saturated rings. The molecule has 0 aliphatic heterocycles. The Hall–Kier alpha value is -1.33. The van der Waals surface area contributed by atoms with Crippen LogP contribution in [0.2, 0.25) is 5.02 Å². The van der Waals surface area contributed by atoms with Crippen molar-refractivity contribution in [2.24, 2.45) is 0 Å². The molecule has 2 aromatic rings. The van der Waals surface area contributed by atoms with Crippen LogP contribution in [0.25, 0.3) is 0 Å². The summed E-state index contributed by atoms with van der Waals surface area (Å²) in [7, 11) is 0. The van der Waals surface area contributed by atoms with Crippen LogP contribution in [0, 0.1) is 0 Å². The molecule has 0 aliphatic rings. The van der Waals surface area contributed by atoms with Gasteiger partial charge < -0.3 is 5.73 Å². The Morgan fingerprint density at radius 3 is 2.82 bits per heavy atom. The highest BCUT2D eigenvalue weighted by Crippen LogP contribution is 2.21. The Kier molecular flexibility index (Phi) is 3.49. The van der Waals surface area contributed by atoms with Crippen molar-refractivity contribution in [3.63, 3.8) is 0 Å². The Morgan fingerprint density at radius 2 is 2.18 bits per heavy atom. The third kappa shape index (κ3) is 2.87. The van der Waals surface area contributed by atoms with Crippen molar-refractivity contribution in [1.29, 1.82) is 0 Å². The summed E-state index contributed by atoms with van der Waals surface area (Å²) < 4.78 is 2.20. The molecule has 4 nitrogen and oxygen atoms in total. The average Bonchev–Trinajstić information content (AvgIpc) is 2.25. The molecule has 1 aromatic carbocycles. The molecule has 1 heterocycles. The lowest BCUT2D eigenvalue weighted by molar-refractivity contribution is 0.640. The van der Waals surface area contributed by atoms with E-state index < -0.39 is 0 Å². The van der Waals surface area contributed by atoms with Gasteiger partial charge in [0.25, 0.3) is 5.56 Å². The fourth-order valence-electron chi connectivity index (χ4n) is 1.38. The van der Waals surface area contributed by atoms with Crippen LogP contribution in [0.5, 0.6) is 0 Å². The maximum atomic E-state index is 11.6. The predicted molar refractivity (Wildman–Crippen MR) is 71.2 cm³/mol. The molecule has 0 amide bonds. The zero-order valence-electron chi connectivity index (χ0n) is 8.73. The van der Waals surface area contributed by atoms with Gasteiger partial charge in [-0.25, -0.2) is 4.68 Å². The van der Waals surface area contributed by atoms with Gasteiger partial charge in [0.2, 0.25) is 0 Å². The number of nitrogens with zero attached hydrogens (tertiary/aromatic N) is 2. The van der Waals surface area contributed by atoms with Crippen molar-refractivity contribution < 1.29 is 0 Å². The average molecular weight is 315 g/mol. The van der Waals surface area contributed by atoms with Gasteiger partial charge in [0.15, 0.2) is 0 Å². The molecule has 0 bridgehead atoms. The van der Waals surface area contributed by atoms with Gasteiger partial charge in [0.1, 0.15) is 0 Å². The van der Waals surface area contributed by atoms with Crippen LogP contribution in [0.15, 0.2) is 39.7 Å². The normalized spacial score (nSPS) is 10.5. The maximum absolute atomic E-state index is 11.6. The number of anilines is 1. The topological polar surface area (TPSA) is 60.9 Å². The number of aromatic nitrogens is 2. The molecule has 0 saturated carbocycles. The van der Waals surface area contributed by atoms with E-state index in [4.69, 9.17) is 17.3 Å². The first kappa shape index (κ1) is 12.1. The van der Waals surface area contributed by atoms with Crippen molar-refractivity contribution in [2.75, 3.05) is 5.73 Å². The summed E-state index contributed by atoms with van der Waals surface area (Å²) in [5, 5.41) is 4.53. The van der Waals surface area contributed by atoms with E-state index in [1.165, 1.54) is 16.9 Å². The zero-order chi connectivity index (χ0) is 12.4. The molecule has 2 N–H and O–H groups in total. The van der Waals surface area contributed by atoms with Crippen LogP contribution < -0.4 is 11.3 Å². The molecule has 0 aliphatic carbocycles. The quantitative estimate of drug-likeness (QED) is 0.925. The SMILES string of the molecule is Nc1cnn(Cc2ccc(Br)cc2Cl)c(=O)c1. The Bertz CT molecular complexity index is 612. The highest BCUT2D eigenvalue weighted by molar-refractivity contribution is 9.10. The molecule has 0 radical (unpaired) electrons. The molecule has 6 heteroatoms. The molecule has 0 atom stereocenters. The highest BCUT2D eigenvalue weighted by atomic mass is 79.9.